The third kappa shape index (κ3) is 7.37. The number of benzene rings is 1. The van der Waals surface area contributed by atoms with Crippen LogP contribution < -0.4 is 10.2 Å². The molecule has 0 fully saturated rings. The molecule has 0 aliphatic rings. The molecule has 1 aromatic rings. The monoisotopic (exact) mass is 432 g/mol. The highest BCUT2D eigenvalue weighted by molar-refractivity contribution is 5.99. The van der Waals surface area contributed by atoms with Gasteiger partial charge < -0.3 is 19.7 Å². The highest BCUT2D eigenvalue weighted by Gasteiger charge is 2.41. The Morgan fingerprint density at radius 3 is 2.10 bits per heavy atom. The molecular weight excluding hydrogens is 409 g/mol. The van der Waals surface area contributed by atoms with Gasteiger partial charge in [-0.2, -0.15) is 13.2 Å². The van der Waals surface area contributed by atoms with Crippen molar-refractivity contribution in [2.45, 2.75) is 38.9 Å². The molecule has 0 aliphatic heterocycles. The molecule has 0 aliphatic carbocycles. The van der Waals surface area contributed by atoms with Gasteiger partial charge in [-0.25, -0.2) is 4.79 Å². The van der Waals surface area contributed by atoms with Crippen molar-refractivity contribution in [1.82, 2.24) is 5.32 Å². The fraction of sp³-hybridized carbons (Fsp3) is 0.474. The van der Waals surface area contributed by atoms with Crippen molar-refractivity contribution in [3.63, 3.8) is 0 Å². The number of nitrogens with one attached hydrogen (secondary N) is 1. The summed E-state index contributed by atoms with van der Waals surface area (Å²) >= 11 is 0. The fourth-order valence-corrected chi connectivity index (χ4v) is 2.37. The topological polar surface area (TPSA) is 102 Å². The summed E-state index contributed by atoms with van der Waals surface area (Å²) in [5, 5.41) is 2.43. The summed E-state index contributed by atoms with van der Waals surface area (Å²) in [4.78, 5) is 47.7. The minimum Gasteiger partial charge on any atom is -0.466 e. The molecule has 2 amide bonds. The number of ether oxygens (including phenoxy) is 2. The number of hydrogen-bond acceptors (Lipinski definition) is 6. The van der Waals surface area contributed by atoms with Crippen LogP contribution in [0, 0.1) is 0 Å². The number of nitrogens with zero attached hydrogens (tertiary/aromatic N) is 1. The number of rotatable bonds is 9. The molecule has 166 valence electrons. The molecule has 1 N–H and O–H groups in total. The molecule has 1 aromatic carbocycles. The Morgan fingerprint density at radius 1 is 1.03 bits per heavy atom. The van der Waals surface area contributed by atoms with Crippen molar-refractivity contribution in [3.8, 4) is 0 Å². The van der Waals surface area contributed by atoms with Crippen LogP contribution >= 0.6 is 0 Å². The van der Waals surface area contributed by atoms with Crippen molar-refractivity contribution < 1.29 is 41.8 Å². The van der Waals surface area contributed by atoms with Crippen molar-refractivity contribution in [3.05, 3.63) is 29.8 Å². The SMILES string of the molecule is CCOC(=O)CC[C@H](NC(=O)c1ccc(N(C)C(=O)C(F)(F)F)cc1)C(=O)OCC. The van der Waals surface area contributed by atoms with E-state index in [9.17, 15) is 32.3 Å². The van der Waals surface area contributed by atoms with Gasteiger partial charge in [-0.15, -0.1) is 0 Å². The highest BCUT2D eigenvalue weighted by Crippen LogP contribution is 2.22. The van der Waals surface area contributed by atoms with E-state index in [1.54, 1.807) is 13.8 Å². The number of anilines is 1. The van der Waals surface area contributed by atoms with Gasteiger partial charge in [0.05, 0.1) is 13.2 Å². The Bertz CT molecular complexity index is 765. The first-order chi connectivity index (χ1) is 14.0. The van der Waals surface area contributed by atoms with Gasteiger partial charge in [0.1, 0.15) is 6.04 Å². The van der Waals surface area contributed by atoms with E-state index in [0.29, 0.717) is 4.90 Å². The van der Waals surface area contributed by atoms with E-state index in [-0.39, 0.29) is 37.3 Å². The van der Waals surface area contributed by atoms with Crippen LogP contribution in [0.4, 0.5) is 18.9 Å². The van der Waals surface area contributed by atoms with E-state index in [2.05, 4.69) is 5.32 Å². The predicted octanol–water partition coefficient (Wildman–Crippen LogP) is 2.22. The molecule has 0 radical (unpaired) electrons. The number of carbonyl (C=O) groups is 4. The second-order valence-corrected chi connectivity index (χ2v) is 6.03. The van der Waals surface area contributed by atoms with E-state index in [1.807, 2.05) is 0 Å². The number of carbonyl (C=O) groups excluding carboxylic acids is 4. The lowest BCUT2D eigenvalue weighted by molar-refractivity contribution is -0.170. The van der Waals surface area contributed by atoms with Gasteiger partial charge in [-0.3, -0.25) is 14.4 Å². The van der Waals surface area contributed by atoms with Crippen LogP contribution in [0.3, 0.4) is 0 Å². The average Bonchev–Trinajstić information content (AvgIpc) is 2.69. The molecular formula is C19H23F3N2O6. The van der Waals surface area contributed by atoms with Crippen LogP contribution in [0.15, 0.2) is 24.3 Å². The van der Waals surface area contributed by atoms with Crippen molar-refractivity contribution in [2.75, 3.05) is 25.2 Å². The van der Waals surface area contributed by atoms with Crippen LogP contribution in [-0.4, -0.2) is 56.2 Å². The predicted molar refractivity (Wildman–Crippen MR) is 99.7 cm³/mol. The lowest BCUT2D eigenvalue weighted by atomic mass is 10.1. The number of alkyl halides is 3. The average molecular weight is 432 g/mol. The van der Waals surface area contributed by atoms with E-state index in [0.717, 1.165) is 19.2 Å². The largest absolute Gasteiger partial charge is 0.471 e. The van der Waals surface area contributed by atoms with E-state index in [1.165, 1.54) is 12.1 Å². The van der Waals surface area contributed by atoms with Crippen molar-refractivity contribution in [2.24, 2.45) is 0 Å². The lowest BCUT2D eigenvalue weighted by Crippen LogP contribution is -2.42. The number of esters is 2. The van der Waals surface area contributed by atoms with Gasteiger partial charge in [0.15, 0.2) is 0 Å². The Hall–Kier alpha value is -3.11. The van der Waals surface area contributed by atoms with Gasteiger partial charge in [-0.1, -0.05) is 0 Å². The normalized spacial score (nSPS) is 11.9. The van der Waals surface area contributed by atoms with Crippen molar-refractivity contribution in [1.29, 1.82) is 0 Å². The summed E-state index contributed by atoms with van der Waals surface area (Å²) in [6.07, 6.45) is -5.21. The van der Waals surface area contributed by atoms with Crippen LogP contribution in [0.25, 0.3) is 0 Å². The van der Waals surface area contributed by atoms with E-state index >= 15 is 0 Å². The van der Waals surface area contributed by atoms with Crippen LogP contribution in [-0.2, 0) is 23.9 Å². The van der Waals surface area contributed by atoms with Gasteiger partial charge in [0.2, 0.25) is 0 Å². The Morgan fingerprint density at radius 2 is 1.60 bits per heavy atom. The molecule has 11 heteroatoms. The van der Waals surface area contributed by atoms with Crippen LogP contribution in [0.2, 0.25) is 0 Å². The smallest absolute Gasteiger partial charge is 0.466 e. The number of amides is 2. The lowest BCUT2D eigenvalue weighted by Gasteiger charge is -2.19. The molecule has 0 aromatic heterocycles. The molecule has 0 saturated heterocycles. The maximum absolute atomic E-state index is 12.5. The van der Waals surface area contributed by atoms with E-state index < -0.39 is 36.0 Å². The maximum Gasteiger partial charge on any atom is 0.471 e. The number of hydrogen-bond donors (Lipinski definition) is 1. The minimum absolute atomic E-state index is 0.0389. The third-order valence-electron chi connectivity index (χ3n) is 3.88. The first-order valence-electron chi connectivity index (χ1n) is 9.09. The zero-order chi connectivity index (χ0) is 22.9. The number of halogens is 3. The molecule has 1 atom stereocenters. The zero-order valence-corrected chi connectivity index (χ0v) is 16.7. The van der Waals surface area contributed by atoms with Crippen molar-refractivity contribution >= 4 is 29.4 Å². The summed E-state index contributed by atoms with van der Waals surface area (Å²) in [7, 11) is 0.955. The van der Waals surface area contributed by atoms with Crippen LogP contribution in [0.5, 0.6) is 0 Å². The molecule has 0 saturated carbocycles. The Balaban J connectivity index is 2.86. The third-order valence-corrected chi connectivity index (χ3v) is 3.88. The van der Waals surface area contributed by atoms with Crippen LogP contribution in [0.1, 0.15) is 37.0 Å². The van der Waals surface area contributed by atoms with Gasteiger partial charge in [0.25, 0.3) is 5.91 Å². The molecule has 0 unspecified atom stereocenters. The molecule has 8 nitrogen and oxygen atoms in total. The molecule has 0 bridgehead atoms. The zero-order valence-electron chi connectivity index (χ0n) is 16.7. The second kappa shape index (κ2) is 11.2. The summed E-state index contributed by atoms with van der Waals surface area (Å²) in [5.41, 5.74) is -0.0323. The van der Waals surface area contributed by atoms with Gasteiger partial charge in [0, 0.05) is 24.7 Å². The minimum atomic E-state index is -5.03. The summed E-state index contributed by atoms with van der Waals surface area (Å²) in [6.45, 7) is 3.46. The molecule has 0 heterocycles. The summed E-state index contributed by atoms with van der Waals surface area (Å²) in [6, 6.07) is 3.63. The maximum atomic E-state index is 12.5. The molecule has 1 rings (SSSR count). The Kier molecular flexibility index (Phi) is 9.28. The highest BCUT2D eigenvalue weighted by atomic mass is 19.4. The molecule has 30 heavy (non-hydrogen) atoms. The molecule has 0 spiro atoms. The standard InChI is InChI=1S/C19H23F3N2O6/c1-4-29-15(25)11-10-14(17(27)30-5-2)23-16(26)12-6-8-13(9-7-12)24(3)18(28)19(20,21)22/h6-9,14H,4-5,10-11H2,1-3H3,(H,23,26)/t14-/m0/s1. The Labute approximate surface area is 171 Å². The first-order valence-corrected chi connectivity index (χ1v) is 9.09. The van der Waals surface area contributed by atoms with Gasteiger partial charge >= 0.3 is 24.0 Å². The first kappa shape index (κ1) is 24.9. The fourth-order valence-electron chi connectivity index (χ4n) is 2.37. The van der Waals surface area contributed by atoms with E-state index in [4.69, 9.17) is 9.47 Å². The quantitative estimate of drug-likeness (QED) is 0.601. The summed E-state index contributed by atoms with van der Waals surface area (Å²) in [5.74, 6) is -4.03. The second-order valence-electron chi connectivity index (χ2n) is 6.03. The summed E-state index contributed by atoms with van der Waals surface area (Å²) < 4.78 is 47.2. The van der Waals surface area contributed by atoms with Gasteiger partial charge in [-0.05, 0) is 44.5 Å².